The predicted octanol–water partition coefficient (Wildman–Crippen LogP) is 3.23. The number of thioether (sulfide) groups is 2. The van der Waals surface area contributed by atoms with Crippen LogP contribution in [0.15, 0.2) is 0 Å². The van der Waals surface area contributed by atoms with Gasteiger partial charge in [-0.2, -0.15) is 0 Å². The van der Waals surface area contributed by atoms with Gasteiger partial charge in [0.05, 0.1) is 4.58 Å². The molecule has 0 unspecified atom stereocenters. The summed E-state index contributed by atoms with van der Waals surface area (Å²) in [6.45, 7) is 4.63. The Morgan fingerprint density at radius 2 is 1.70 bits per heavy atom. The van der Waals surface area contributed by atoms with Crippen molar-refractivity contribution >= 4 is 23.5 Å². The minimum absolute atomic E-state index is 0.926. The molecule has 0 aromatic carbocycles. The van der Waals surface area contributed by atoms with Crippen LogP contribution in [-0.2, 0) is 0 Å². The van der Waals surface area contributed by atoms with Gasteiger partial charge in [0, 0.05) is 11.5 Å². The minimum Gasteiger partial charge on any atom is -0.146 e. The molecule has 1 fully saturated rings. The highest BCUT2D eigenvalue weighted by Crippen LogP contribution is 2.39. The lowest BCUT2D eigenvalue weighted by atomic mass is 10.1. The first kappa shape index (κ1) is 8.79. The molecular formula is C8H16S2. The Bertz CT molecular complexity index is 83.3. The number of hydrogen-bond acceptors (Lipinski definition) is 2. The van der Waals surface area contributed by atoms with Gasteiger partial charge >= 0.3 is 0 Å². The van der Waals surface area contributed by atoms with Crippen molar-refractivity contribution in [2.24, 2.45) is 5.92 Å². The molecule has 1 aliphatic heterocycles. The summed E-state index contributed by atoms with van der Waals surface area (Å²) in [6.07, 6.45) is 2.72. The van der Waals surface area contributed by atoms with Gasteiger partial charge in [0.25, 0.3) is 0 Å². The van der Waals surface area contributed by atoms with Crippen LogP contribution in [0.2, 0.25) is 0 Å². The maximum absolute atomic E-state index is 2.31. The van der Waals surface area contributed by atoms with E-state index in [1.165, 1.54) is 24.3 Å². The van der Waals surface area contributed by atoms with E-state index in [4.69, 9.17) is 0 Å². The number of rotatable bonds is 3. The third-order valence-corrected chi connectivity index (χ3v) is 5.46. The molecule has 0 nitrogen and oxygen atoms in total. The van der Waals surface area contributed by atoms with Crippen molar-refractivity contribution in [1.82, 2.24) is 0 Å². The molecule has 1 rings (SSSR count). The van der Waals surface area contributed by atoms with Crippen LogP contribution in [0.3, 0.4) is 0 Å². The molecule has 0 aromatic heterocycles. The third kappa shape index (κ3) is 2.09. The van der Waals surface area contributed by atoms with Crippen LogP contribution in [0, 0.1) is 5.92 Å². The summed E-state index contributed by atoms with van der Waals surface area (Å²) in [5, 5.41) is 0. The summed E-state index contributed by atoms with van der Waals surface area (Å²) < 4.78 is 0.926. The Labute approximate surface area is 72.5 Å². The smallest absolute Gasteiger partial charge is 0.0531 e. The van der Waals surface area contributed by atoms with Gasteiger partial charge in [0.2, 0.25) is 0 Å². The van der Waals surface area contributed by atoms with Gasteiger partial charge < -0.3 is 0 Å². The van der Waals surface area contributed by atoms with Gasteiger partial charge in [-0.3, -0.25) is 0 Å². The van der Waals surface area contributed by atoms with E-state index >= 15 is 0 Å². The minimum atomic E-state index is 0.926. The molecule has 0 N–H and O–H groups in total. The molecule has 0 aromatic rings. The van der Waals surface area contributed by atoms with Crippen LogP contribution < -0.4 is 0 Å². The zero-order chi connectivity index (χ0) is 7.40. The fourth-order valence-corrected chi connectivity index (χ4v) is 4.83. The Morgan fingerprint density at radius 3 is 2.10 bits per heavy atom. The van der Waals surface area contributed by atoms with Crippen molar-refractivity contribution < 1.29 is 0 Å². The highest BCUT2D eigenvalue weighted by molar-refractivity contribution is 8.20. The Morgan fingerprint density at radius 1 is 1.20 bits per heavy atom. The Balaban J connectivity index is 2.29. The molecule has 1 saturated heterocycles. The average molecular weight is 176 g/mol. The summed E-state index contributed by atoms with van der Waals surface area (Å²) >= 11 is 4.33. The first-order valence-electron chi connectivity index (χ1n) is 4.11. The molecule has 0 saturated carbocycles. The third-order valence-electron chi connectivity index (χ3n) is 2.08. The second-order valence-electron chi connectivity index (χ2n) is 2.69. The monoisotopic (exact) mass is 176 g/mol. The summed E-state index contributed by atoms with van der Waals surface area (Å²) in [6, 6.07) is 0. The van der Waals surface area contributed by atoms with E-state index in [9.17, 15) is 0 Å². The molecule has 2 heteroatoms. The molecule has 0 spiro atoms. The van der Waals surface area contributed by atoms with Gasteiger partial charge in [-0.1, -0.05) is 26.7 Å². The van der Waals surface area contributed by atoms with E-state index in [1.807, 2.05) is 0 Å². The van der Waals surface area contributed by atoms with Crippen LogP contribution in [0.1, 0.15) is 26.7 Å². The maximum Gasteiger partial charge on any atom is 0.0531 e. The second kappa shape index (κ2) is 4.55. The molecule has 1 heterocycles. The molecule has 60 valence electrons. The van der Waals surface area contributed by atoms with E-state index in [0.29, 0.717) is 0 Å². The zero-order valence-electron chi connectivity index (χ0n) is 6.80. The van der Waals surface area contributed by atoms with E-state index in [-0.39, 0.29) is 0 Å². The zero-order valence-corrected chi connectivity index (χ0v) is 8.43. The standard InChI is InChI=1S/C8H16S2/c1-3-7(4-2)8-9-5-6-10-8/h7-8H,3-6H2,1-2H3. The van der Waals surface area contributed by atoms with Crippen LogP contribution in [-0.4, -0.2) is 16.1 Å². The van der Waals surface area contributed by atoms with Crippen molar-refractivity contribution in [2.45, 2.75) is 31.3 Å². The highest BCUT2D eigenvalue weighted by Gasteiger charge is 2.22. The SMILES string of the molecule is CCC(CC)C1SCCS1. The molecule has 0 aliphatic carbocycles. The second-order valence-corrected chi connectivity index (χ2v) is 5.48. The molecule has 10 heavy (non-hydrogen) atoms. The molecule has 0 atom stereocenters. The highest BCUT2D eigenvalue weighted by atomic mass is 32.2. The van der Waals surface area contributed by atoms with Crippen LogP contribution in [0.5, 0.6) is 0 Å². The fraction of sp³-hybridized carbons (Fsp3) is 1.00. The van der Waals surface area contributed by atoms with Crippen LogP contribution >= 0.6 is 23.5 Å². The van der Waals surface area contributed by atoms with Crippen LogP contribution in [0.4, 0.5) is 0 Å². The fourth-order valence-electron chi connectivity index (χ4n) is 1.32. The maximum atomic E-state index is 2.31. The topological polar surface area (TPSA) is 0 Å². The van der Waals surface area contributed by atoms with Crippen molar-refractivity contribution in [3.63, 3.8) is 0 Å². The first-order chi connectivity index (χ1) is 4.88. The van der Waals surface area contributed by atoms with Crippen molar-refractivity contribution in [3.8, 4) is 0 Å². The van der Waals surface area contributed by atoms with Crippen LogP contribution in [0.25, 0.3) is 0 Å². The van der Waals surface area contributed by atoms with Gasteiger partial charge in [-0.05, 0) is 5.92 Å². The molecule has 0 amide bonds. The van der Waals surface area contributed by atoms with Gasteiger partial charge in [0.1, 0.15) is 0 Å². The molecule has 1 aliphatic rings. The van der Waals surface area contributed by atoms with E-state index in [0.717, 1.165) is 10.5 Å². The number of hydrogen-bond donors (Lipinski definition) is 0. The first-order valence-corrected chi connectivity index (χ1v) is 6.21. The predicted molar refractivity (Wildman–Crippen MR) is 52.8 cm³/mol. The van der Waals surface area contributed by atoms with Crippen molar-refractivity contribution in [1.29, 1.82) is 0 Å². The van der Waals surface area contributed by atoms with Gasteiger partial charge in [-0.25, -0.2) is 0 Å². The van der Waals surface area contributed by atoms with E-state index in [1.54, 1.807) is 0 Å². The summed E-state index contributed by atoms with van der Waals surface area (Å²) in [5.41, 5.74) is 0. The lowest BCUT2D eigenvalue weighted by molar-refractivity contribution is 0.537. The summed E-state index contributed by atoms with van der Waals surface area (Å²) in [7, 11) is 0. The van der Waals surface area contributed by atoms with E-state index in [2.05, 4.69) is 37.4 Å². The summed E-state index contributed by atoms with van der Waals surface area (Å²) in [5.74, 6) is 3.73. The lowest BCUT2D eigenvalue weighted by Gasteiger charge is -2.17. The lowest BCUT2D eigenvalue weighted by Crippen LogP contribution is -2.08. The largest absolute Gasteiger partial charge is 0.146 e. The van der Waals surface area contributed by atoms with E-state index < -0.39 is 0 Å². The van der Waals surface area contributed by atoms with Crippen molar-refractivity contribution in [2.75, 3.05) is 11.5 Å². The molecule has 0 bridgehead atoms. The normalized spacial score (nSPS) is 20.7. The average Bonchev–Trinajstić information content (AvgIpc) is 2.43. The Hall–Kier alpha value is 0.700. The molecular weight excluding hydrogens is 160 g/mol. The quantitative estimate of drug-likeness (QED) is 0.647. The van der Waals surface area contributed by atoms with Gasteiger partial charge in [-0.15, -0.1) is 23.5 Å². The Kier molecular flexibility index (Phi) is 4.00. The van der Waals surface area contributed by atoms with Gasteiger partial charge in [0.15, 0.2) is 0 Å². The van der Waals surface area contributed by atoms with Crippen molar-refractivity contribution in [3.05, 3.63) is 0 Å². The summed E-state index contributed by atoms with van der Waals surface area (Å²) in [4.78, 5) is 0. The molecule has 0 radical (unpaired) electrons.